The smallest absolute Gasteiger partial charge is 0.136 e. The second-order valence-electron chi connectivity index (χ2n) is 13.2. The summed E-state index contributed by atoms with van der Waals surface area (Å²) >= 11 is 0. The van der Waals surface area contributed by atoms with E-state index in [1.165, 1.54) is 76.8 Å². The molecule has 1 nitrogen and oxygen atoms in total. The van der Waals surface area contributed by atoms with E-state index >= 15 is 0 Å². The molecule has 0 saturated carbocycles. The van der Waals surface area contributed by atoms with Crippen molar-refractivity contribution in [1.82, 2.24) is 0 Å². The molecule has 1 aliphatic carbocycles. The molecule has 216 valence electrons. The third-order valence-corrected chi connectivity index (χ3v) is 10.5. The van der Waals surface area contributed by atoms with E-state index in [1.807, 2.05) is 6.07 Å². The average Bonchev–Trinajstić information content (AvgIpc) is 3.57. The zero-order chi connectivity index (χ0) is 30.6. The molecule has 1 heteroatoms. The van der Waals surface area contributed by atoms with Gasteiger partial charge in [-0.05, 0) is 101 Å². The van der Waals surface area contributed by atoms with E-state index in [0.717, 1.165) is 21.9 Å². The molecule has 0 unspecified atom stereocenters. The van der Waals surface area contributed by atoms with Crippen LogP contribution in [0.2, 0.25) is 0 Å². The summed E-state index contributed by atoms with van der Waals surface area (Å²) < 4.78 is 6.38. The molecule has 1 heterocycles. The molecule has 0 N–H and O–H groups in total. The molecule has 0 bridgehead atoms. The number of benzene rings is 8. The fourth-order valence-corrected chi connectivity index (χ4v) is 8.32. The van der Waals surface area contributed by atoms with Crippen LogP contribution in [-0.2, 0) is 5.41 Å². The van der Waals surface area contributed by atoms with Crippen LogP contribution in [0.3, 0.4) is 0 Å². The molecule has 0 atom stereocenters. The molecular weight excluding hydrogens is 556 g/mol. The van der Waals surface area contributed by atoms with Crippen LogP contribution in [0.1, 0.15) is 25.0 Å². The highest BCUT2D eigenvalue weighted by Crippen LogP contribution is 2.51. The molecule has 8 aromatic carbocycles. The topological polar surface area (TPSA) is 13.1 Å². The number of para-hydroxylation sites is 1. The maximum absolute atomic E-state index is 6.38. The minimum absolute atomic E-state index is 0.0158. The third-order valence-electron chi connectivity index (χ3n) is 10.5. The van der Waals surface area contributed by atoms with Crippen molar-refractivity contribution in [3.8, 4) is 33.4 Å². The third kappa shape index (κ3) is 3.40. The second kappa shape index (κ2) is 9.19. The molecule has 10 rings (SSSR count). The molecule has 0 fully saturated rings. The van der Waals surface area contributed by atoms with Gasteiger partial charge in [0.15, 0.2) is 0 Å². The Balaban J connectivity index is 1.28. The average molecular weight is 587 g/mol. The molecule has 0 amide bonds. The molecule has 1 aromatic heterocycles. The molecule has 1 aliphatic rings. The SMILES string of the molecule is CC1(C)c2ccccc2-c2cc(-c3c4ccccc4c(-c4cccc5cc6c(cc45)oc4ccccc46)c4ccccc34)ccc21. The molecule has 0 saturated heterocycles. The van der Waals surface area contributed by atoms with Crippen LogP contribution in [-0.4, -0.2) is 0 Å². The maximum Gasteiger partial charge on any atom is 0.136 e. The monoisotopic (exact) mass is 586 g/mol. The normalized spacial score (nSPS) is 13.6. The van der Waals surface area contributed by atoms with Gasteiger partial charge in [0.1, 0.15) is 11.2 Å². The van der Waals surface area contributed by atoms with Crippen molar-refractivity contribution in [2.24, 2.45) is 0 Å². The van der Waals surface area contributed by atoms with Crippen LogP contribution >= 0.6 is 0 Å². The zero-order valence-electron chi connectivity index (χ0n) is 25.8. The Hall–Kier alpha value is -5.66. The number of furan rings is 1. The predicted octanol–water partition coefficient (Wildman–Crippen LogP) is 12.7. The Morgan fingerprint density at radius 3 is 1.76 bits per heavy atom. The van der Waals surface area contributed by atoms with E-state index in [-0.39, 0.29) is 5.41 Å². The summed E-state index contributed by atoms with van der Waals surface area (Å²) in [4.78, 5) is 0. The van der Waals surface area contributed by atoms with Gasteiger partial charge in [-0.3, -0.25) is 0 Å². The summed E-state index contributed by atoms with van der Waals surface area (Å²) in [7, 11) is 0. The first-order valence-electron chi connectivity index (χ1n) is 16.1. The quantitative estimate of drug-likeness (QED) is 0.184. The number of rotatable bonds is 2. The highest BCUT2D eigenvalue weighted by Gasteiger charge is 2.35. The number of fused-ring (bicyclic) bond motifs is 9. The van der Waals surface area contributed by atoms with Crippen LogP contribution in [0.25, 0.3) is 87.6 Å². The van der Waals surface area contributed by atoms with Gasteiger partial charge in [0.2, 0.25) is 0 Å². The van der Waals surface area contributed by atoms with Crippen molar-refractivity contribution in [3.05, 3.63) is 157 Å². The Kier molecular flexibility index (Phi) is 5.12. The minimum Gasteiger partial charge on any atom is -0.456 e. The van der Waals surface area contributed by atoms with Gasteiger partial charge in [-0.25, -0.2) is 0 Å². The first-order valence-corrected chi connectivity index (χ1v) is 16.1. The van der Waals surface area contributed by atoms with E-state index in [2.05, 4.69) is 153 Å². The highest BCUT2D eigenvalue weighted by atomic mass is 16.3. The van der Waals surface area contributed by atoms with Crippen molar-refractivity contribution < 1.29 is 4.42 Å². The fraction of sp³-hybridized carbons (Fsp3) is 0.0667. The van der Waals surface area contributed by atoms with Gasteiger partial charge in [-0.15, -0.1) is 0 Å². The van der Waals surface area contributed by atoms with Crippen molar-refractivity contribution >= 4 is 54.3 Å². The first-order chi connectivity index (χ1) is 22.6. The summed E-state index contributed by atoms with van der Waals surface area (Å²) in [6.07, 6.45) is 0. The fourth-order valence-electron chi connectivity index (χ4n) is 8.32. The van der Waals surface area contributed by atoms with Gasteiger partial charge < -0.3 is 4.42 Å². The van der Waals surface area contributed by atoms with Crippen LogP contribution in [0, 0.1) is 0 Å². The maximum atomic E-state index is 6.38. The minimum atomic E-state index is -0.0158. The lowest BCUT2D eigenvalue weighted by molar-refractivity contribution is 0.660. The Bertz CT molecular complexity index is 2660. The molecule has 9 aromatic rings. The summed E-state index contributed by atoms with van der Waals surface area (Å²) in [6.45, 7) is 4.69. The lowest BCUT2D eigenvalue weighted by Crippen LogP contribution is -2.14. The van der Waals surface area contributed by atoms with Crippen LogP contribution in [0.15, 0.2) is 150 Å². The van der Waals surface area contributed by atoms with E-state index < -0.39 is 0 Å². The van der Waals surface area contributed by atoms with E-state index in [9.17, 15) is 0 Å². The highest BCUT2D eigenvalue weighted by molar-refractivity contribution is 6.24. The van der Waals surface area contributed by atoms with Crippen molar-refractivity contribution in [2.45, 2.75) is 19.3 Å². The van der Waals surface area contributed by atoms with Crippen LogP contribution in [0.4, 0.5) is 0 Å². The van der Waals surface area contributed by atoms with Crippen molar-refractivity contribution in [2.75, 3.05) is 0 Å². The van der Waals surface area contributed by atoms with E-state index in [1.54, 1.807) is 0 Å². The Morgan fingerprint density at radius 2 is 1.00 bits per heavy atom. The van der Waals surface area contributed by atoms with Crippen molar-refractivity contribution in [3.63, 3.8) is 0 Å². The van der Waals surface area contributed by atoms with E-state index in [4.69, 9.17) is 4.42 Å². The van der Waals surface area contributed by atoms with Crippen molar-refractivity contribution in [1.29, 1.82) is 0 Å². The lowest BCUT2D eigenvalue weighted by atomic mass is 9.81. The van der Waals surface area contributed by atoms with Gasteiger partial charge >= 0.3 is 0 Å². The molecule has 0 radical (unpaired) electrons. The first kappa shape index (κ1) is 25.6. The zero-order valence-corrected chi connectivity index (χ0v) is 25.8. The Labute approximate surface area is 267 Å². The predicted molar refractivity (Wildman–Crippen MR) is 195 cm³/mol. The van der Waals surface area contributed by atoms with Gasteiger partial charge in [0.05, 0.1) is 0 Å². The van der Waals surface area contributed by atoms with Gasteiger partial charge in [-0.1, -0.05) is 135 Å². The summed E-state index contributed by atoms with van der Waals surface area (Å²) in [5.74, 6) is 0. The van der Waals surface area contributed by atoms with Crippen LogP contribution < -0.4 is 0 Å². The summed E-state index contributed by atoms with van der Waals surface area (Å²) in [5, 5.41) is 9.79. The number of hydrogen-bond donors (Lipinski definition) is 0. The largest absolute Gasteiger partial charge is 0.456 e. The molecular formula is C45H30O. The molecule has 0 spiro atoms. The number of hydrogen-bond acceptors (Lipinski definition) is 1. The summed E-state index contributed by atoms with van der Waals surface area (Å²) in [5.41, 5.74) is 12.4. The van der Waals surface area contributed by atoms with E-state index in [0.29, 0.717) is 0 Å². The van der Waals surface area contributed by atoms with Crippen LogP contribution in [0.5, 0.6) is 0 Å². The van der Waals surface area contributed by atoms with Gasteiger partial charge in [0, 0.05) is 16.2 Å². The Morgan fingerprint density at radius 1 is 0.391 bits per heavy atom. The summed E-state index contributed by atoms with van der Waals surface area (Å²) in [6, 6.07) is 53.5. The van der Waals surface area contributed by atoms with Gasteiger partial charge in [-0.2, -0.15) is 0 Å². The van der Waals surface area contributed by atoms with Gasteiger partial charge in [0.25, 0.3) is 0 Å². The molecule has 46 heavy (non-hydrogen) atoms. The second-order valence-corrected chi connectivity index (χ2v) is 13.2. The molecule has 0 aliphatic heterocycles. The standard InChI is InChI=1S/C45H30O/c1-45(2)39-20-9-7-13-29(39)37-25-28(22-23-40(37)45)43-31-15-3-5-17-33(31)44(34-18-6-4-16-32(34)43)35-19-11-12-27-24-38-30-14-8-10-21-41(30)46-42(38)26-36(27)35/h3-26H,1-2H3. The lowest BCUT2D eigenvalue weighted by Gasteiger charge is -2.22.